The van der Waals surface area contributed by atoms with Gasteiger partial charge in [-0.05, 0) is 37.5 Å². The standard InChI is InChI=1S/C15H21N3O2S/c1-9(2)7-15(3,20)8-17-13(19)10-4-5-11-12(6-10)21-14(16)18-11/h4-6,9,20H,7-8H2,1-3H3,(H2,16,18)(H,17,19). The van der Waals surface area contributed by atoms with Crippen molar-refractivity contribution in [1.29, 1.82) is 0 Å². The number of rotatable bonds is 5. The summed E-state index contributed by atoms with van der Waals surface area (Å²) in [5.41, 5.74) is 6.09. The zero-order valence-electron chi connectivity index (χ0n) is 12.5. The van der Waals surface area contributed by atoms with Gasteiger partial charge in [-0.15, -0.1) is 0 Å². The molecule has 6 heteroatoms. The molecule has 0 saturated heterocycles. The number of fused-ring (bicyclic) bond motifs is 1. The lowest BCUT2D eigenvalue weighted by Crippen LogP contribution is -2.41. The largest absolute Gasteiger partial charge is 0.388 e. The fourth-order valence-corrected chi connectivity index (χ4v) is 3.18. The van der Waals surface area contributed by atoms with Crippen molar-refractivity contribution >= 4 is 32.6 Å². The minimum Gasteiger partial charge on any atom is -0.388 e. The summed E-state index contributed by atoms with van der Waals surface area (Å²) in [5.74, 6) is 0.168. The molecule has 0 spiro atoms. The Kier molecular flexibility index (Phi) is 4.49. The molecule has 0 aliphatic carbocycles. The predicted molar refractivity (Wildman–Crippen MR) is 86.4 cm³/mol. The number of nitrogens with zero attached hydrogens (tertiary/aromatic N) is 1. The van der Waals surface area contributed by atoms with Gasteiger partial charge in [0.1, 0.15) is 0 Å². The van der Waals surface area contributed by atoms with E-state index in [-0.39, 0.29) is 12.5 Å². The van der Waals surface area contributed by atoms with E-state index in [0.717, 1.165) is 10.2 Å². The summed E-state index contributed by atoms with van der Waals surface area (Å²) in [6.07, 6.45) is 0.637. The Morgan fingerprint density at radius 2 is 2.24 bits per heavy atom. The van der Waals surface area contributed by atoms with E-state index in [1.54, 1.807) is 25.1 Å². The lowest BCUT2D eigenvalue weighted by molar-refractivity contribution is 0.0368. The topological polar surface area (TPSA) is 88.2 Å². The van der Waals surface area contributed by atoms with Crippen molar-refractivity contribution in [3.05, 3.63) is 23.8 Å². The van der Waals surface area contributed by atoms with Gasteiger partial charge in [0.2, 0.25) is 0 Å². The maximum absolute atomic E-state index is 12.2. The van der Waals surface area contributed by atoms with Crippen LogP contribution in [0.25, 0.3) is 10.2 Å². The quantitative estimate of drug-likeness (QED) is 0.791. The molecule has 1 atom stereocenters. The second-order valence-corrected chi connectivity index (χ2v) is 7.07. The number of carbonyl (C=O) groups is 1. The zero-order chi connectivity index (χ0) is 15.6. The Balaban J connectivity index is 2.05. The van der Waals surface area contributed by atoms with Gasteiger partial charge in [-0.25, -0.2) is 4.98 Å². The number of nitrogen functional groups attached to an aromatic ring is 1. The van der Waals surface area contributed by atoms with Crippen LogP contribution in [-0.4, -0.2) is 28.1 Å². The second-order valence-electron chi connectivity index (χ2n) is 6.01. The van der Waals surface area contributed by atoms with E-state index in [2.05, 4.69) is 10.3 Å². The number of aliphatic hydroxyl groups is 1. The van der Waals surface area contributed by atoms with Gasteiger partial charge in [-0.1, -0.05) is 25.2 Å². The third-order valence-electron chi connectivity index (χ3n) is 3.14. The Morgan fingerprint density at radius 1 is 1.52 bits per heavy atom. The van der Waals surface area contributed by atoms with Crippen LogP contribution in [0, 0.1) is 5.92 Å². The van der Waals surface area contributed by atoms with Crippen LogP contribution in [-0.2, 0) is 0 Å². The van der Waals surface area contributed by atoms with E-state index in [4.69, 9.17) is 5.73 Å². The monoisotopic (exact) mass is 307 g/mol. The summed E-state index contributed by atoms with van der Waals surface area (Å²) < 4.78 is 0.883. The van der Waals surface area contributed by atoms with Gasteiger partial charge in [-0.2, -0.15) is 0 Å². The fraction of sp³-hybridized carbons (Fsp3) is 0.467. The number of nitrogens with one attached hydrogen (secondary N) is 1. The molecule has 5 nitrogen and oxygen atoms in total. The minimum absolute atomic E-state index is 0.201. The molecule has 0 bridgehead atoms. The summed E-state index contributed by atoms with van der Waals surface area (Å²) in [6.45, 7) is 6.05. The Morgan fingerprint density at radius 3 is 2.90 bits per heavy atom. The van der Waals surface area contributed by atoms with Crippen molar-refractivity contribution in [1.82, 2.24) is 10.3 Å². The second kappa shape index (κ2) is 5.99. The number of aromatic nitrogens is 1. The highest BCUT2D eigenvalue weighted by Gasteiger charge is 2.22. The number of nitrogens with two attached hydrogens (primary N) is 1. The summed E-state index contributed by atoms with van der Waals surface area (Å²) in [4.78, 5) is 16.3. The molecule has 2 rings (SSSR count). The van der Waals surface area contributed by atoms with E-state index >= 15 is 0 Å². The molecule has 0 aliphatic rings. The van der Waals surface area contributed by atoms with Gasteiger partial charge < -0.3 is 16.2 Å². The molecule has 0 saturated carbocycles. The molecule has 1 amide bonds. The molecule has 1 aromatic heterocycles. The number of carbonyl (C=O) groups excluding carboxylic acids is 1. The number of hydrogen-bond donors (Lipinski definition) is 3. The molecule has 4 N–H and O–H groups in total. The van der Waals surface area contributed by atoms with Crippen LogP contribution < -0.4 is 11.1 Å². The first kappa shape index (κ1) is 15.7. The maximum atomic E-state index is 12.2. The molecule has 1 unspecified atom stereocenters. The van der Waals surface area contributed by atoms with E-state index < -0.39 is 5.60 Å². The molecule has 0 radical (unpaired) electrons. The highest BCUT2D eigenvalue weighted by atomic mass is 32.1. The first-order chi connectivity index (χ1) is 9.77. The van der Waals surface area contributed by atoms with Crippen LogP contribution in [0.5, 0.6) is 0 Å². The van der Waals surface area contributed by atoms with Crippen molar-refractivity contribution in [3.63, 3.8) is 0 Å². The number of amides is 1. The number of thiazole rings is 1. The van der Waals surface area contributed by atoms with Gasteiger partial charge >= 0.3 is 0 Å². The van der Waals surface area contributed by atoms with Gasteiger partial charge in [0.15, 0.2) is 5.13 Å². The maximum Gasteiger partial charge on any atom is 0.251 e. The molecule has 114 valence electrons. The molecule has 21 heavy (non-hydrogen) atoms. The van der Waals surface area contributed by atoms with Crippen LogP contribution >= 0.6 is 11.3 Å². The molecule has 2 aromatic rings. The molecule has 0 fully saturated rings. The lowest BCUT2D eigenvalue weighted by Gasteiger charge is -2.25. The normalized spacial score (nSPS) is 14.3. The van der Waals surface area contributed by atoms with Crippen molar-refractivity contribution in [2.24, 2.45) is 5.92 Å². The van der Waals surface area contributed by atoms with Crippen molar-refractivity contribution < 1.29 is 9.90 Å². The van der Waals surface area contributed by atoms with Gasteiger partial charge in [0.25, 0.3) is 5.91 Å². The minimum atomic E-state index is -0.900. The third kappa shape index (κ3) is 4.15. The summed E-state index contributed by atoms with van der Waals surface area (Å²) >= 11 is 1.35. The first-order valence-electron chi connectivity index (χ1n) is 6.93. The summed E-state index contributed by atoms with van der Waals surface area (Å²) in [6, 6.07) is 5.27. The summed E-state index contributed by atoms with van der Waals surface area (Å²) in [5, 5.41) is 13.5. The molecule has 1 heterocycles. The van der Waals surface area contributed by atoms with E-state index in [9.17, 15) is 9.90 Å². The highest BCUT2D eigenvalue weighted by molar-refractivity contribution is 7.22. The predicted octanol–water partition coefficient (Wildman–Crippen LogP) is 2.41. The zero-order valence-corrected chi connectivity index (χ0v) is 13.3. The molecular weight excluding hydrogens is 286 g/mol. The van der Waals surface area contributed by atoms with Crippen LogP contribution in [0.4, 0.5) is 5.13 Å². The van der Waals surface area contributed by atoms with E-state index in [1.165, 1.54) is 11.3 Å². The Labute approximate surface area is 128 Å². The Bertz CT molecular complexity index is 649. The van der Waals surface area contributed by atoms with Crippen LogP contribution in [0.3, 0.4) is 0 Å². The summed E-state index contributed by atoms with van der Waals surface area (Å²) in [7, 11) is 0. The highest BCUT2D eigenvalue weighted by Crippen LogP contribution is 2.24. The third-order valence-corrected chi connectivity index (χ3v) is 3.99. The first-order valence-corrected chi connectivity index (χ1v) is 7.75. The van der Waals surface area contributed by atoms with Crippen molar-refractivity contribution in [2.45, 2.75) is 32.8 Å². The van der Waals surface area contributed by atoms with Crippen molar-refractivity contribution in [3.8, 4) is 0 Å². The van der Waals surface area contributed by atoms with Gasteiger partial charge in [-0.3, -0.25) is 4.79 Å². The molecule has 1 aromatic carbocycles. The fourth-order valence-electron chi connectivity index (χ4n) is 2.41. The average Bonchev–Trinajstić information content (AvgIpc) is 2.73. The smallest absolute Gasteiger partial charge is 0.251 e. The van der Waals surface area contributed by atoms with Gasteiger partial charge in [0.05, 0.1) is 15.8 Å². The van der Waals surface area contributed by atoms with E-state index in [0.29, 0.717) is 23.0 Å². The van der Waals surface area contributed by atoms with Crippen molar-refractivity contribution in [2.75, 3.05) is 12.3 Å². The van der Waals surface area contributed by atoms with E-state index in [1.807, 2.05) is 13.8 Å². The lowest BCUT2D eigenvalue weighted by atomic mass is 9.94. The average molecular weight is 307 g/mol. The molecular formula is C15H21N3O2S. The van der Waals surface area contributed by atoms with Crippen LogP contribution in [0.15, 0.2) is 18.2 Å². The van der Waals surface area contributed by atoms with Gasteiger partial charge in [0, 0.05) is 12.1 Å². The Hall–Kier alpha value is -1.66. The number of hydrogen-bond acceptors (Lipinski definition) is 5. The van der Waals surface area contributed by atoms with Crippen LogP contribution in [0.1, 0.15) is 37.6 Å². The van der Waals surface area contributed by atoms with Crippen LogP contribution in [0.2, 0.25) is 0 Å². The molecule has 0 aliphatic heterocycles. The number of anilines is 1. The number of benzene rings is 1. The SMILES string of the molecule is CC(C)CC(C)(O)CNC(=O)c1ccc2nc(N)sc2c1.